The molecule has 49 heavy (non-hydrogen) atoms. The molecule has 1 aromatic carbocycles. The third kappa shape index (κ3) is 8.82. The van der Waals surface area contributed by atoms with Crippen LogP contribution in [0.2, 0.25) is 5.02 Å². The van der Waals surface area contributed by atoms with E-state index in [1.54, 1.807) is 30.2 Å². The first-order chi connectivity index (χ1) is 22.9. The Morgan fingerprint density at radius 3 is 2.49 bits per heavy atom. The molecule has 0 saturated carbocycles. The average molecular weight is 717 g/mol. The van der Waals surface area contributed by atoms with Crippen molar-refractivity contribution in [3.05, 3.63) is 52.3 Å². The molecule has 0 bridgehead atoms. The van der Waals surface area contributed by atoms with Gasteiger partial charge >= 0.3 is 11.9 Å². The Labute approximate surface area is 292 Å². The molecule has 1 N–H and O–H groups in total. The lowest BCUT2D eigenvalue weighted by Crippen LogP contribution is -2.54. The van der Waals surface area contributed by atoms with Crippen LogP contribution in [0.4, 0.5) is 11.5 Å². The molecule has 2 aliphatic heterocycles. The Kier molecular flexibility index (Phi) is 10.5. The van der Waals surface area contributed by atoms with Gasteiger partial charge in [0, 0.05) is 29.4 Å². The second kappa shape index (κ2) is 14.1. The number of carbonyl (C=O) groups is 3. The summed E-state index contributed by atoms with van der Waals surface area (Å²) in [5.41, 5.74) is 1.86. The third-order valence-corrected chi connectivity index (χ3v) is 9.41. The Hall–Kier alpha value is -3.91. The number of hydrogen-bond donors (Lipinski definition) is 1. The molecule has 2 saturated heterocycles. The van der Waals surface area contributed by atoms with Crippen LogP contribution in [-0.4, -0.2) is 83.4 Å². The van der Waals surface area contributed by atoms with E-state index in [-0.39, 0.29) is 41.6 Å². The Morgan fingerprint density at radius 1 is 1.12 bits per heavy atom. The average Bonchev–Trinajstić information content (AvgIpc) is 3.38. The Balaban J connectivity index is 1.29. The summed E-state index contributed by atoms with van der Waals surface area (Å²) in [5.74, 6) is -1.12. The highest BCUT2D eigenvalue weighted by Gasteiger charge is 2.37. The molecule has 0 aliphatic carbocycles. The molecular weight excluding hydrogens is 672 g/mol. The molecule has 2 atom stereocenters. The van der Waals surface area contributed by atoms with E-state index in [1.165, 1.54) is 18.2 Å². The summed E-state index contributed by atoms with van der Waals surface area (Å²) < 4.78 is 39.4. The van der Waals surface area contributed by atoms with Crippen molar-refractivity contribution in [1.82, 2.24) is 19.5 Å². The van der Waals surface area contributed by atoms with Crippen LogP contribution in [-0.2, 0) is 29.1 Å². The quantitative estimate of drug-likeness (QED) is 0.278. The normalized spacial score (nSPS) is 17.9. The standard InChI is InChI=1S/C34H45ClN6O7S/c1-20(2)24(15-30(42)48-34(4,5)6)33(44)47-23-18-39(19-23)31-21(3)17-41-29(36-31)16-27(37-41)28-10-8-9-13-40(28)32(43)25-14-22(35)11-12-26(25)38-49(7,45)46/h11-12,14,16-17,20,23-24,28,38H,8-10,13,15,18-19H2,1-7H3/t24-,28-/m0/s1. The van der Waals surface area contributed by atoms with Crippen molar-refractivity contribution >= 4 is 56.6 Å². The van der Waals surface area contributed by atoms with Gasteiger partial charge in [-0.3, -0.25) is 19.1 Å². The van der Waals surface area contributed by atoms with Gasteiger partial charge in [0.15, 0.2) is 5.65 Å². The van der Waals surface area contributed by atoms with Crippen molar-refractivity contribution in [3.8, 4) is 0 Å². The lowest BCUT2D eigenvalue weighted by Gasteiger charge is -2.40. The monoisotopic (exact) mass is 716 g/mol. The van der Waals surface area contributed by atoms with Crippen LogP contribution >= 0.6 is 11.6 Å². The minimum absolute atomic E-state index is 0.0348. The SMILES string of the molecule is Cc1cn2nc([C@@H]3CCCCN3C(=O)c3cc(Cl)ccc3NS(C)(=O)=O)cc2nc1N1CC(OC(=O)[C@@H](CC(=O)OC(C)(C)C)C(C)C)C1. The molecule has 4 heterocycles. The number of esters is 2. The fourth-order valence-electron chi connectivity index (χ4n) is 6.21. The summed E-state index contributed by atoms with van der Waals surface area (Å²) >= 11 is 6.23. The number of nitrogens with zero attached hydrogens (tertiary/aromatic N) is 5. The van der Waals surface area contributed by atoms with Gasteiger partial charge in [-0.05, 0) is 71.1 Å². The molecule has 1 amide bonds. The van der Waals surface area contributed by atoms with Gasteiger partial charge in [0.25, 0.3) is 5.91 Å². The number of amides is 1. The van der Waals surface area contributed by atoms with Crippen LogP contribution in [0, 0.1) is 18.8 Å². The van der Waals surface area contributed by atoms with Crippen LogP contribution in [0.15, 0.2) is 30.5 Å². The van der Waals surface area contributed by atoms with Crippen molar-refractivity contribution in [2.75, 3.05) is 35.5 Å². The minimum Gasteiger partial charge on any atom is -0.460 e. The van der Waals surface area contributed by atoms with Crippen LogP contribution in [0.1, 0.15) is 88.0 Å². The van der Waals surface area contributed by atoms with Crippen LogP contribution < -0.4 is 9.62 Å². The summed E-state index contributed by atoms with van der Waals surface area (Å²) in [4.78, 5) is 48.0. The van der Waals surface area contributed by atoms with Crippen molar-refractivity contribution in [3.63, 3.8) is 0 Å². The highest BCUT2D eigenvalue weighted by molar-refractivity contribution is 7.92. The van der Waals surface area contributed by atoms with Crippen LogP contribution in [0.3, 0.4) is 0 Å². The number of rotatable bonds is 10. The van der Waals surface area contributed by atoms with E-state index < -0.39 is 33.5 Å². The Bertz CT molecular complexity index is 1850. The van der Waals surface area contributed by atoms with E-state index >= 15 is 0 Å². The van der Waals surface area contributed by atoms with Gasteiger partial charge in [-0.25, -0.2) is 17.9 Å². The maximum atomic E-state index is 13.9. The first kappa shape index (κ1) is 36.4. The molecule has 13 nitrogen and oxygen atoms in total. The number of piperidine rings is 1. The van der Waals surface area contributed by atoms with Gasteiger partial charge in [-0.2, -0.15) is 5.10 Å². The number of aryl methyl sites for hydroxylation is 1. The van der Waals surface area contributed by atoms with E-state index in [9.17, 15) is 22.8 Å². The van der Waals surface area contributed by atoms with Crippen LogP contribution in [0.25, 0.3) is 5.65 Å². The molecule has 5 rings (SSSR count). The predicted octanol–water partition coefficient (Wildman–Crippen LogP) is 5.17. The molecule has 266 valence electrons. The number of aromatic nitrogens is 3. The summed E-state index contributed by atoms with van der Waals surface area (Å²) in [7, 11) is -3.63. The number of fused-ring (bicyclic) bond motifs is 1. The number of halogens is 1. The van der Waals surface area contributed by atoms with E-state index in [4.69, 9.17) is 31.2 Å². The van der Waals surface area contributed by atoms with E-state index in [0.717, 1.165) is 30.5 Å². The summed E-state index contributed by atoms with van der Waals surface area (Å²) in [6, 6.07) is 6.02. The number of ether oxygens (including phenoxy) is 2. The van der Waals surface area contributed by atoms with Gasteiger partial charge in [-0.15, -0.1) is 0 Å². The molecular formula is C34H45ClN6O7S. The number of sulfonamides is 1. The second-order valence-corrected chi connectivity index (χ2v) is 16.5. The fourth-order valence-corrected chi connectivity index (χ4v) is 6.96. The first-order valence-corrected chi connectivity index (χ1v) is 18.8. The van der Waals surface area contributed by atoms with Crippen LogP contribution in [0.5, 0.6) is 0 Å². The van der Waals surface area contributed by atoms with Crippen molar-refractivity contribution < 1.29 is 32.3 Å². The number of nitrogens with one attached hydrogen (secondary N) is 1. The van der Waals surface area contributed by atoms with E-state index in [0.29, 0.717) is 42.4 Å². The second-order valence-electron chi connectivity index (χ2n) is 14.3. The van der Waals surface area contributed by atoms with Gasteiger partial charge in [0.2, 0.25) is 10.0 Å². The molecule has 2 aliphatic rings. The largest absolute Gasteiger partial charge is 0.460 e. The van der Waals surface area contributed by atoms with E-state index in [2.05, 4.69) is 4.72 Å². The van der Waals surface area contributed by atoms with Gasteiger partial charge < -0.3 is 19.3 Å². The molecule has 0 spiro atoms. The lowest BCUT2D eigenvalue weighted by atomic mass is 9.92. The van der Waals surface area contributed by atoms with Gasteiger partial charge in [0.1, 0.15) is 17.5 Å². The van der Waals surface area contributed by atoms with Crippen molar-refractivity contribution in [2.45, 2.75) is 85.0 Å². The Morgan fingerprint density at radius 2 is 1.84 bits per heavy atom. The smallest absolute Gasteiger partial charge is 0.310 e. The maximum absolute atomic E-state index is 13.9. The molecule has 2 aromatic heterocycles. The molecule has 0 radical (unpaired) electrons. The fraction of sp³-hybridized carbons (Fsp3) is 0.559. The number of hydrogen-bond acceptors (Lipinski definition) is 10. The molecule has 0 unspecified atom stereocenters. The van der Waals surface area contributed by atoms with Crippen molar-refractivity contribution in [2.24, 2.45) is 11.8 Å². The van der Waals surface area contributed by atoms with Gasteiger partial charge in [-0.1, -0.05) is 25.4 Å². The van der Waals surface area contributed by atoms with E-state index in [1.807, 2.05) is 37.9 Å². The molecule has 15 heteroatoms. The zero-order chi connectivity index (χ0) is 35.8. The highest BCUT2D eigenvalue weighted by Crippen LogP contribution is 2.35. The number of benzene rings is 1. The first-order valence-electron chi connectivity index (χ1n) is 16.5. The topological polar surface area (TPSA) is 153 Å². The molecule has 3 aromatic rings. The minimum atomic E-state index is -3.63. The summed E-state index contributed by atoms with van der Waals surface area (Å²) in [6.07, 6.45) is 4.92. The van der Waals surface area contributed by atoms with Crippen molar-refractivity contribution in [1.29, 1.82) is 0 Å². The zero-order valence-corrected chi connectivity index (χ0v) is 30.6. The highest BCUT2D eigenvalue weighted by atomic mass is 35.5. The number of carbonyl (C=O) groups excluding carboxylic acids is 3. The number of anilines is 2. The zero-order valence-electron chi connectivity index (χ0n) is 29.0. The number of likely N-dealkylation sites (tertiary alicyclic amines) is 1. The predicted molar refractivity (Wildman–Crippen MR) is 186 cm³/mol. The summed E-state index contributed by atoms with van der Waals surface area (Å²) in [5, 5.41) is 5.12. The maximum Gasteiger partial charge on any atom is 0.310 e. The molecule has 2 fully saturated rings. The third-order valence-electron chi connectivity index (χ3n) is 8.58. The van der Waals surface area contributed by atoms with Gasteiger partial charge in [0.05, 0.1) is 54.7 Å². The summed E-state index contributed by atoms with van der Waals surface area (Å²) in [6.45, 7) is 12.5. The lowest BCUT2D eigenvalue weighted by molar-refractivity contribution is -0.166.